The first-order valence-electron chi connectivity index (χ1n) is 13.0. The van der Waals surface area contributed by atoms with Crippen LogP contribution in [0.3, 0.4) is 0 Å². The first-order valence-corrected chi connectivity index (χ1v) is 14.2. The minimum atomic E-state index is -0.960. The molecule has 1 aliphatic rings. The number of thioether (sulfide) groups is 1. The van der Waals surface area contributed by atoms with Gasteiger partial charge in [0.05, 0.1) is 5.56 Å². The second-order valence-electron chi connectivity index (χ2n) is 9.65. The van der Waals surface area contributed by atoms with Crippen LogP contribution in [0, 0.1) is 11.8 Å². The van der Waals surface area contributed by atoms with Gasteiger partial charge in [-0.15, -0.1) is 0 Å². The largest absolute Gasteiger partial charge is 0.478 e. The predicted octanol–water partition coefficient (Wildman–Crippen LogP) is 6.33. The number of hydrogen-bond acceptors (Lipinski definition) is 3. The summed E-state index contributed by atoms with van der Waals surface area (Å²) in [6.45, 7) is 4.51. The summed E-state index contributed by atoms with van der Waals surface area (Å²) in [4.78, 5) is 17.9. The minimum Gasteiger partial charge on any atom is -0.478 e. The summed E-state index contributed by atoms with van der Waals surface area (Å²) in [7, 11) is 0. The molecular formula is C32H29N3O2S. The molecule has 0 aliphatic carbocycles. The molecule has 3 heterocycles. The van der Waals surface area contributed by atoms with Gasteiger partial charge in [-0.3, -0.25) is 0 Å². The molecule has 0 spiro atoms. The van der Waals surface area contributed by atoms with E-state index in [1.165, 1.54) is 35.5 Å². The van der Waals surface area contributed by atoms with E-state index < -0.39 is 5.97 Å². The summed E-state index contributed by atoms with van der Waals surface area (Å²) >= 11 is 2.05. The maximum atomic E-state index is 12.1. The maximum absolute atomic E-state index is 12.1. The zero-order valence-corrected chi connectivity index (χ0v) is 21.9. The van der Waals surface area contributed by atoms with Crippen LogP contribution in [-0.2, 0) is 6.54 Å². The highest BCUT2D eigenvalue weighted by molar-refractivity contribution is 7.99. The molecule has 0 saturated carbocycles. The highest BCUT2D eigenvalue weighted by Gasteiger charge is 2.16. The Bertz CT molecular complexity index is 1680. The van der Waals surface area contributed by atoms with Gasteiger partial charge in [-0.1, -0.05) is 36.1 Å². The molecule has 0 unspecified atom stereocenters. The average molecular weight is 520 g/mol. The normalized spacial score (nSPS) is 14.0. The lowest BCUT2D eigenvalue weighted by atomic mass is 9.93. The molecule has 2 aromatic heterocycles. The van der Waals surface area contributed by atoms with Gasteiger partial charge in [-0.05, 0) is 71.8 Å². The standard InChI is InChI=1S/C32H29N3O2S/c36-32(37)28-4-1-3-26(31(28)27-10-9-24-11-13-33-29(24)22-27)8-6-23-5-7-25-12-16-35(30(25)21-23)15-2-14-34-17-19-38-20-18-34/h1,3-5,7,9-13,16,21-22,33H,2,14-15,17-20H2,(H,36,37). The molecule has 0 amide bonds. The molecule has 38 heavy (non-hydrogen) atoms. The first-order chi connectivity index (χ1) is 18.7. The molecule has 1 saturated heterocycles. The lowest BCUT2D eigenvalue weighted by Gasteiger charge is -2.26. The van der Waals surface area contributed by atoms with Gasteiger partial charge in [-0.25, -0.2) is 4.79 Å². The number of carboxylic acids is 1. The van der Waals surface area contributed by atoms with Gasteiger partial charge >= 0.3 is 5.97 Å². The Morgan fingerprint density at radius 3 is 2.68 bits per heavy atom. The second kappa shape index (κ2) is 10.8. The average Bonchev–Trinajstić information content (AvgIpc) is 3.58. The van der Waals surface area contributed by atoms with E-state index in [1.807, 2.05) is 54.4 Å². The number of hydrogen-bond donors (Lipinski definition) is 2. The minimum absolute atomic E-state index is 0.249. The van der Waals surface area contributed by atoms with Gasteiger partial charge in [0.2, 0.25) is 0 Å². The smallest absolute Gasteiger partial charge is 0.336 e. The molecule has 5 nitrogen and oxygen atoms in total. The molecule has 6 heteroatoms. The fraction of sp³-hybridized carbons (Fsp3) is 0.219. The van der Waals surface area contributed by atoms with Crippen LogP contribution >= 0.6 is 11.8 Å². The SMILES string of the molecule is O=C(O)c1cccc(C#Cc2ccc3ccn(CCCN4CCSCC4)c3c2)c1-c1ccc2cc[nH]c2c1. The van der Waals surface area contributed by atoms with Crippen molar-refractivity contribution in [1.29, 1.82) is 0 Å². The van der Waals surface area contributed by atoms with Crippen LogP contribution in [-0.4, -0.2) is 56.7 Å². The van der Waals surface area contributed by atoms with Gasteiger partial charge in [0.15, 0.2) is 0 Å². The molecule has 6 rings (SSSR count). The molecular weight excluding hydrogens is 490 g/mol. The van der Waals surface area contributed by atoms with Gasteiger partial charge in [0.25, 0.3) is 0 Å². The lowest BCUT2D eigenvalue weighted by Crippen LogP contribution is -2.33. The second-order valence-corrected chi connectivity index (χ2v) is 10.9. The molecule has 0 bridgehead atoms. The van der Waals surface area contributed by atoms with Crippen molar-refractivity contribution >= 4 is 39.5 Å². The number of benzene rings is 3. The van der Waals surface area contributed by atoms with Crippen LogP contribution in [0.2, 0.25) is 0 Å². The Morgan fingerprint density at radius 1 is 0.947 bits per heavy atom. The molecule has 190 valence electrons. The van der Waals surface area contributed by atoms with Crippen LogP contribution in [0.1, 0.15) is 27.9 Å². The van der Waals surface area contributed by atoms with Crippen molar-refractivity contribution in [3.8, 4) is 23.0 Å². The summed E-state index contributed by atoms with van der Waals surface area (Å²) < 4.78 is 2.32. The van der Waals surface area contributed by atoms with E-state index in [0.29, 0.717) is 11.1 Å². The molecule has 0 atom stereocenters. The van der Waals surface area contributed by atoms with Crippen LogP contribution in [0.25, 0.3) is 32.9 Å². The zero-order chi connectivity index (χ0) is 25.9. The van der Waals surface area contributed by atoms with E-state index in [0.717, 1.165) is 41.5 Å². The molecule has 5 aromatic rings. The highest BCUT2D eigenvalue weighted by atomic mass is 32.2. The third-order valence-electron chi connectivity index (χ3n) is 7.23. The van der Waals surface area contributed by atoms with Crippen LogP contribution in [0.4, 0.5) is 0 Å². The van der Waals surface area contributed by atoms with E-state index in [4.69, 9.17) is 0 Å². The number of aromatic carboxylic acids is 1. The van der Waals surface area contributed by atoms with Crippen molar-refractivity contribution < 1.29 is 9.90 Å². The lowest BCUT2D eigenvalue weighted by molar-refractivity contribution is 0.0697. The molecule has 3 aromatic carbocycles. The van der Waals surface area contributed by atoms with Gasteiger partial charge in [-0.2, -0.15) is 11.8 Å². The molecule has 1 aliphatic heterocycles. The topological polar surface area (TPSA) is 61.3 Å². The Morgan fingerprint density at radius 2 is 1.82 bits per heavy atom. The van der Waals surface area contributed by atoms with Crippen molar-refractivity contribution in [3.05, 3.63) is 95.8 Å². The summed E-state index contributed by atoms with van der Waals surface area (Å²) in [5.74, 6) is 8.12. The Balaban J connectivity index is 1.30. The molecule has 1 fully saturated rings. The molecule has 0 radical (unpaired) electrons. The number of nitrogens with one attached hydrogen (secondary N) is 1. The number of aryl methyl sites for hydroxylation is 1. The van der Waals surface area contributed by atoms with Crippen LogP contribution < -0.4 is 0 Å². The third kappa shape index (κ3) is 5.08. The fourth-order valence-electron chi connectivity index (χ4n) is 5.23. The summed E-state index contributed by atoms with van der Waals surface area (Å²) in [5.41, 5.74) is 5.49. The number of carbonyl (C=O) groups is 1. The number of nitrogens with zero attached hydrogens (tertiary/aromatic N) is 2. The van der Waals surface area contributed by atoms with Gasteiger partial charge in [0, 0.05) is 71.3 Å². The monoisotopic (exact) mass is 519 g/mol. The predicted molar refractivity (Wildman–Crippen MR) is 157 cm³/mol. The highest BCUT2D eigenvalue weighted by Crippen LogP contribution is 2.30. The first kappa shape index (κ1) is 24.4. The fourth-order valence-corrected chi connectivity index (χ4v) is 6.21. The molecule has 2 N–H and O–H groups in total. The Labute approximate surface area is 226 Å². The van der Waals surface area contributed by atoms with Crippen molar-refractivity contribution in [3.63, 3.8) is 0 Å². The van der Waals surface area contributed by atoms with Crippen molar-refractivity contribution in [2.24, 2.45) is 0 Å². The maximum Gasteiger partial charge on any atom is 0.336 e. The Kier molecular flexibility index (Phi) is 6.96. The van der Waals surface area contributed by atoms with E-state index in [-0.39, 0.29) is 5.56 Å². The summed E-state index contributed by atoms with van der Waals surface area (Å²) in [6, 6.07) is 21.7. The van der Waals surface area contributed by atoms with E-state index in [2.05, 4.69) is 50.7 Å². The van der Waals surface area contributed by atoms with Crippen LogP contribution in [0.15, 0.2) is 79.1 Å². The van der Waals surface area contributed by atoms with Crippen LogP contribution in [0.5, 0.6) is 0 Å². The van der Waals surface area contributed by atoms with E-state index in [1.54, 1.807) is 12.1 Å². The van der Waals surface area contributed by atoms with Gasteiger partial charge in [0.1, 0.15) is 0 Å². The van der Waals surface area contributed by atoms with Gasteiger partial charge < -0.3 is 19.6 Å². The van der Waals surface area contributed by atoms with Crippen molar-refractivity contribution in [2.45, 2.75) is 13.0 Å². The zero-order valence-electron chi connectivity index (χ0n) is 21.1. The Hall–Kier alpha value is -3.92. The number of aromatic amines is 1. The van der Waals surface area contributed by atoms with Crippen molar-refractivity contribution in [2.75, 3.05) is 31.1 Å². The van der Waals surface area contributed by atoms with Crippen molar-refractivity contribution in [1.82, 2.24) is 14.5 Å². The number of rotatable bonds is 6. The van der Waals surface area contributed by atoms with E-state index in [9.17, 15) is 9.90 Å². The quantitative estimate of drug-likeness (QED) is 0.258. The third-order valence-corrected chi connectivity index (χ3v) is 8.17. The summed E-state index contributed by atoms with van der Waals surface area (Å²) in [6.07, 6.45) is 5.18. The number of carboxylic acid groups (broad SMARTS) is 1. The number of aromatic nitrogens is 2. The number of H-pyrrole nitrogens is 1. The number of fused-ring (bicyclic) bond motifs is 2. The van der Waals surface area contributed by atoms with E-state index >= 15 is 0 Å². The summed E-state index contributed by atoms with van der Waals surface area (Å²) in [5, 5.41) is 12.2.